The summed E-state index contributed by atoms with van der Waals surface area (Å²) < 4.78 is 0. The summed E-state index contributed by atoms with van der Waals surface area (Å²) in [5.74, 6) is 0.462. The molecule has 2 aliphatic rings. The molecule has 0 aliphatic carbocycles. The van der Waals surface area contributed by atoms with Crippen LogP contribution < -0.4 is 0 Å². The largest absolute Gasteiger partial charge is 0.368 e. The minimum Gasteiger partial charge on any atom is -0.368 e. The third kappa shape index (κ3) is 1.43. The van der Waals surface area contributed by atoms with Gasteiger partial charge in [0.05, 0.1) is 6.04 Å². The van der Waals surface area contributed by atoms with Crippen molar-refractivity contribution in [3.63, 3.8) is 0 Å². The summed E-state index contributed by atoms with van der Waals surface area (Å²) in [5.41, 5.74) is 4.91. The normalized spacial score (nSPS) is 24.5. The number of nitrogens with one attached hydrogen (secondary N) is 1. The van der Waals surface area contributed by atoms with Gasteiger partial charge < -0.3 is 9.88 Å². The van der Waals surface area contributed by atoms with Crippen molar-refractivity contribution in [3.8, 4) is 0 Å². The van der Waals surface area contributed by atoms with Crippen LogP contribution in [-0.2, 0) is 11.2 Å². The van der Waals surface area contributed by atoms with E-state index in [2.05, 4.69) is 47.3 Å². The Morgan fingerprint density at radius 2 is 2.15 bits per heavy atom. The number of ketones is 1. The van der Waals surface area contributed by atoms with E-state index in [0.29, 0.717) is 6.04 Å². The lowest BCUT2D eigenvalue weighted by molar-refractivity contribution is -0.114. The van der Waals surface area contributed by atoms with E-state index in [-0.39, 0.29) is 11.7 Å². The van der Waals surface area contributed by atoms with E-state index in [9.17, 15) is 4.79 Å². The summed E-state index contributed by atoms with van der Waals surface area (Å²) in [7, 11) is 0. The summed E-state index contributed by atoms with van der Waals surface area (Å²) in [4.78, 5) is 17.7. The highest BCUT2D eigenvalue weighted by Gasteiger charge is 2.39. The van der Waals surface area contributed by atoms with Crippen LogP contribution in [0.5, 0.6) is 0 Å². The van der Waals surface area contributed by atoms with Crippen LogP contribution in [-0.4, -0.2) is 22.2 Å². The fraction of sp³-hybridized carbons (Fsp3) is 0.353. The van der Waals surface area contributed by atoms with Gasteiger partial charge in [0.25, 0.3) is 0 Å². The third-order valence-electron chi connectivity index (χ3n) is 4.80. The van der Waals surface area contributed by atoms with Crippen LogP contribution in [0.3, 0.4) is 0 Å². The molecule has 0 saturated carbocycles. The standard InChI is InChI=1S/C17H18N2O/c1-10-14(11(2)20)9-19-8-7-13-12-5-3-4-6-15(12)18-16(13)17(10)19/h3-6,9-10,17-18H,7-8H2,1-2H3/t10-,17-/m1/s1. The van der Waals surface area contributed by atoms with E-state index in [1.54, 1.807) is 6.92 Å². The van der Waals surface area contributed by atoms with E-state index in [0.717, 1.165) is 18.5 Å². The van der Waals surface area contributed by atoms with Crippen LogP contribution in [0.1, 0.15) is 31.1 Å². The van der Waals surface area contributed by atoms with Crippen molar-refractivity contribution in [2.45, 2.75) is 26.3 Å². The maximum atomic E-state index is 11.8. The molecule has 1 aromatic heterocycles. The van der Waals surface area contributed by atoms with Gasteiger partial charge in [-0.05, 0) is 25.0 Å². The molecule has 102 valence electrons. The second-order valence-electron chi connectivity index (χ2n) is 5.92. The van der Waals surface area contributed by atoms with Gasteiger partial charge in [-0.3, -0.25) is 4.79 Å². The van der Waals surface area contributed by atoms with Crippen LogP contribution in [0.25, 0.3) is 10.9 Å². The number of rotatable bonds is 1. The van der Waals surface area contributed by atoms with Gasteiger partial charge in [0.15, 0.2) is 5.78 Å². The molecule has 0 bridgehead atoms. The topological polar surface area (TPSA) is 36.1 Å². The average Bonchev–Trinajstić information content (AvgIpc) is 2.96. The monoisotopic (exact) mass is 266 g/mol. The number of para-hydroxylation sites is 1. The molecular formula is C17H18N2O. The Morgan fingerprint density at radius 3 is 2.95 bits per heavy atom. The number of Topliss-reactive ketones (excluding diaryl/α,β-unsaturated/α-hetero) is 1. The quantitative estimate of drug-likeness (QED) is 0.860. The molecule has 4 rings (SSSR count). The lowest BCUT2D eigenvalue weighted by Crippen LogP contribution is -2.31. The molecule has 1 aromatic carbocycles. The zero-order chi connectivity index (χ0) is 13.9. The Balaban J connectivity index is 1.87. The van der Waals surface area contributed by atoms with E-state index >= 15 is 0 Å². The highest BCUT2D eigenvalue weighted by molar-refractivity contribution is 5.94. The van der Waals surface area contributed by atoms with Crippen LogP contribution in [0.15, 0.2) is 36.0 Å². The van der Waals surface area contributed by atoms with Crippen molar-refractivity contribution in [3.05, 3.63) is 47.3 Å². The zero-order valence-electron chi connectivity index (χ0n) is 11.8. The molecule has 1 N–H and O–H groups in total. The molecule has 0 fully saturated rings. The molecule has 2 aromatic rings. The maximum Gasteiger partial charge on any atom is 0.157 e. The summed E-state index contributed by atoms with van der Waals surface area (Å²) in [6, 6.07) is 8.79. The van der Waals surface area contributed by atoms with Crippen LogP contribution in [0.4, 0.5) is 0 Å². The molecule has 3 heterocycles. The van der Waals surface area contributed by atoms with Gasteiger partial charge in [-0.2, -0.15) is 0 Å². The predicted octanol–water partition coefficient (Wildman–Crippen LogP) is 3.19. The number of hydrogen-bond donors (Lipinski definition) is 1. The maximum absolute atomic E-state index is 11.8. The lowest BCUT2D eigenvalue weighted by Gasteiger charge is -2.33. The van der Waals surface area contributed by atoms with Crippen molar-refractivity contribution in [1.29, 1.82) is 0 Å². The number of aromatic amines is 1. The first-order valence-corrected chi connectivity index (χ1v) is 7.24. The zero-order valence-corrected chi connectivity index (χ0v) is 11.8. The Hall–Kier alpha value is -2.03. The number of hydrogen-bond acceptors (Lipinski definition) is 2. The molecule has 0 amide bonds. The van der Waals surface area contributed by atoms with Crippen molar-refractivity contribution in [2.75, 3.05) is 6.54 Å². The molecule has 3 nitrogen and oxygen atoms in total. The van der Waals surface area contributed by atoms with Crippen molar-refractivity contribution in [1.82, 2.24) is 9.88 Å². The second-order valence-corrected chi connectivity index (χ2v) is 5.92. The predicted molar refractivity (Wildman–Crippen MR) is 79.4 cm³/mol. The minimum absolute atomic E-state index is 0.199. The molecule has 2 aliphatic heterocycles. The van der Waals surface area contributed by atoms with Crippen molar-refractivity contribution < 1.29 is 4.79 Å². The number of carbonyl (C=O) groups excluding carboxylic acids is 1. The van der Waals surface area contributed by atoms with Gasteiger partial charge in [0.1, 0.15) is 0 Å². The Bertz CT molecular complexity index is 741. The smallest absolute Gasteiger partial charge is 0.157 e. The average molecular weight is 266 g/mol. The molecule has 2 atom stereocenters. The molecule has 0 spiro atoms. The first-order valence-electron chi connectivity index (χ1n) is 7.24. The SMILES string of the molecule is CC(=O)C1=CN2CCc3c([nH]c4ccccc34)[C@H]2[C@@H]1C. The number of H-pyrrole nitrogens is 1. The van der Waals surface area contributed by atoms with E-state index in [1.807, 2.05) is 0 Å². The van der Waals surface area contributed by atoms with E-state index in [1.165, 1.54) is 22.2 Å². The van der Waals surface area contributed by atoms with E-state index < -0.39 is 0 Å². The Labute approximate surface area is 118 Å². The van der Waals surface area contributed by atoms with Gasteiger partial charge in [-0.25, -0.2) is 0 Å². The Kier molecular flexibility index (Phi) is 2.34. The molecule has 20 heavy (non-hydrogen) atoms. The Morgan fingerprint density at radius 1 is 1.35 bits per heavy atom. The fourth-order valence-corrected chi connectivity index (χ4v) is 3.85. The van der Waals surface area contributed by atoms with Gasteiger partial charge >= 0.3 is 0 Å². The summed E-state index contributed by atoms with van der Waals surface area (Å²) in [6.45, 7) is 4.84. The summed E-state index contributed by atoms with van der Waals surface area (Å²) in [6.07, 6.45) is 3.12. The number of benzene rings is 1. The van der Waals surface area contributed by atoms with Gasteiger partial charge in [-0.1, -0.05) is 25.1 Å². The minimum atomic E-state index is 0.199. The molecule has 3 heteroatoms. The lowest BCUT2D eigenvalue weighted by atomic mass is 9.88. The van der Waals surface area contributed by atoms with Gasteiger partial charge in [0, 0.05) is 40.8 Å². The highest BCUT2D eigenvalue weighted by atomic mass is 16.1. The van der Waals surface area contributed by atoms with Crippen molar-refractivity contribution >= 4 is 16.7 Å². The van der Waals surface area contributed by atoms with Crippen LogP contribution in [0, 0.1) is 5.92 Å². The molecule has 0 radical (unpaired) electrons. The number of fused-ring (bicyclic) bond motifs is 5. The van der Waals surface area contributed by atoms with Gasteiger partial charge in [0.2, 0.25) is 0 Å². The van der Waals surface area contributed by atoms with Crippen LogP contribution >= 0.6 is 0 Å². The molecular weight excluding hydrogens is 248 g/mol. The van der Waals surface area contributed by atoms with E-state index in [4.69, 9.17) is 0 Å². The van der Waals surface area contributed by atoms with Crippen molar-refractivity contribution in [2.24, 2.45) is 5.92 Å². The first kappa shape index (κ1) is 11.8. The first-order chi connectivity index (χ1) is 9.66. The molecule has 0 unspecified atom stereocenters. The number of aromatic nitrogens is 1. The summed E-state index contributed by atoms with van der Waals surface area (Å²) in [5, 5.41) is 1.34. The number of carbonyl (C=O) groups is 1. The highest BCUT2D eigenvalue weighted by Crippen LogP contribution is 2.45. The third-order valence-corrected chi connectivity index (χ3v) is 4.80. The number of nitrogens with zero attached hydrogens (tertiary/aromatic N) is 1. The van der Waals surface area contributed by atoms with Gasteiger partial charge in [-0.15, -0.1) is 0 Å². The molecule has 0 saturated heterocycles. The fourth-order valence-electron chi connectivity index (χ4n) is 3.85. The van der Waals surface area contributed by atoms with Crippen LogP contribution in [0.2, 0.25) is 0 Å². The second kappa shape index (κ2) is 3.98. The summed E-state index contributed by atoms with van der Waals surface area (Å²) >= 11 is 0.